The van der Waals surface area contributed by atoms with Gasteiger partial charge in [-0.2, -0.15) is 5.10 Å². The molecule has 0 radical (unpaired) electrons. The van der Waals surface area contributed by atoms with Crippen molar-refractivity contribution in [3.05, 3.63) is 64.2 Å². The molecular weight excluding hydrogens is 310 g/mol. The standard InChI is InChI=1S/C18H20ClN3O/c1-12-4-9-17(13(2)10-12)14(3)21-22-18(23)11-20-16-7-5-15(19)6-8-16/h4-10,20H,11H2,1-3H3,(H,22,23)/b21-14-. The first-order chi connectivity index (χ1) is 11.0. The Morgan fingerprint density at radius 3 is 2.48 bits per heavy atom. The van der Waals surface area contributed by atoms with Crippen LogP contribution in [-0.2, 0) is 4.79 Å². The maximum Gasteiger partial charge on any atom is 0.259 e. The molecule has 0 heterocycles. The van der Waals surface area contributed by atoms with Crippen LogP contribution in [0.5, 0.6) is 0 Å². The van der Waals surface area contributed by atoms with Gasteiger partial charge in [0.25, 0.3) is 5.91 Å². The molecule has 0 bridgehead atoms. The Morgan fingerprint density at radius 1 is 1.13 bits per heavy atom. The van der Waals surface area contributed by atoms with Crippen LogP contribution in [0.2, 0.25) is 5.02 Å². The highest BCUT2D eigenvalue weighted by Crippen LogP contribution is 2.13. The van der Waals surface area contributed by atoms with Gasteiger partial charge in [-0.3, -0.25) is 4.79 Å². The van der Waals surface area contributed by atoms with Gasteiger partial charge in [0.15, 0.2) is 0 Å². The van der Waals surface area contributed by atoms with Crippen LogP contribution in [0, 0.1) is 13.8 Å². The van der Waals surface area contributed by atoms with E-state index in [1.807, 2.05) is 45.0 Å². The van der Waals surface area contributed by atoms with Crippen molar-refractivity contribution in [2.75, 3.05) is 11.9 Å². The molecule has 2 N–H and O–H groups in total. The maximum absolute atomic E-state index is 11.9. The van der Waals surface area contributed by atoms with Crippen LogP contribution in [0.25, 0.3) is 0 Å². The molecule has 0 saturated carbocycles. The number of carbonyl (C=O) groups is 1. The van der Waals surface area contributed by atoms with Gasteiger partial charge >= 0.3 is 0 Å². The minimum atomic E-state index is -0.205. The number of aryl methyl sites for hydroxylation is 2. The summed E-state index contributed by atoms with van der Waals surface area (Å²) in [5.74, 6) is -0.205. The zero-order valence-corrected chi connectivity index (χ0v) is 14.2. The van der Waals surface area contributed by atoms with Gasteiger partial charge in [-0.25, -0.2) is 5.43 Å². The predicted octanol–water partition coefficient (Wildman–Crippen LogP) is 3.91. The number of carbonyl (C=O) groups excluding carboxylic acids is 1. The first-order valence-electron chi connectivity index (χ1n) is 7.36. The zero-order chi connectivity index (χ0) is 16.8. The molecule has 1 amide bonds. The number of hydrogen-bond acceptors (Lipinski definition) is 3. The average molecular weight is 330 g/mol. The molecule has 2 aromatic carbocycles. The van der Waals surface area contributed by atoms with E-state index in [1.54, 1.807) is 12.1 Å². The fourth-order valence-electron chi connectivity index (χ4n) is 2.22. The van der Waals surface area contributed by atoms with E-state index in [9.17, 15) is 4.79 Å². The number of nitrogens with one attached hydrogen (secondary N) is 2. The van der Waals surface area contributed by atoms with Crippen LogP contribution in [0.4, 0.5) is 5.69 Å². The molecule has 0 aliphatic rings. The number of nitrogens with zero attached hydrogens (tertiary/aromatic N) is 1. The molecule has 2 rings (SSSR count). The van der Waals surface area contributed by atoms with Crippen LogP contribution in [0.3, 0.4) is 0 Å². The van der Waals surface area contributed by atoms with Crippen LogP contribution in [0.1, 0.15) is 23.6 Å². The Balaban J connectivity index is 1.90. The van der Waals surface area contributed by atoms with Crippen LogP contribution >= 0.6 is 11.6 Å². The minimum Gasteiger partial charge on any atom is -0.376 e. The topological polar surface area (TPSA) is 53.5 Å². The third-order valence-electron chi connectivity index (χ3n) is 3.42. The van der Waals surface area contributed by atoms with Crippen molar-refractivity contribution >= 4 is 28.9 Å². The fourth-order valence-corrected chi connectivity index (χ4v) is 2.34. The second-order valence-electron chi connectivity index (χ2n) is 5.41. The highest BCUT2D eigenvalue weighted by Gasteiger charge is 2.04. The van der Waals surface area contributed by atoms with Crippen LogP contribution < -0.4 is 10.7 Å². The molecule has 0 saturated heterocycles. The van der Waals surface area contributed by atoms with E-state index in [-0.39, 0.29) is 12.5 Å². The summed E-state index contributed by atoms with van der Waals surface area (Å²) in [6.07, 6.45) is 0. The molecule has 0 aliphatic heterocycles. The van der Waals surface area contributed by atoms with Gasteiger partial charge < -0.3 is 5.32 Å². The van der Waals surface area contributed by atoms with Crippen molar-refractivity contribution in [3.8, 4) is 0 Å². The van der Waals surface area contributed by atoms with Crippen LogP contribution in [-0.4, -0.2) is 18.2 Å². The second-order valence-corrected chi connectivity index (χ2v) is 5.85. The molecule has 5 heteroatoms. The lowest BCUT2D eigenvalue weighted by molar-refractivity contribution is -0.119. The lowest BCUT2D eigenvalue weighted by Crippen LogP contribution is -2.26. The minimum absolute atomic E-state index is 0.144. The Hall–Kier alpha value is -2.33. The highest BCUT2D eigenvalue weighted by molar-refractivity contribution is 6.30. The number of anilines is 1. The molecular formula is C18H20ClN3O. The first-order valence-corrected chi connectivity index (χ1v) is 7.73. The SMILES string of the molecule is C/C(=N/NC(=O)CNc1ccc(Cl)cc1)c1ccc(C)cc1C. The summed E-state index contributed by atoms with van der Waals surface area (Å²) in [5, 5.41) is 7.84. The molecule has 0 aromatic heterocycles. The molecule has 120 valence electrons. The maximum atomic E-state index is 11.9. The van der Waals surface area contributed by atoms with Crippen LogP contribution in [0.15, 0.2) is 47.6 Å². The average Bonchev–Trinajstić information content (AvgIpc) is 2.52. The molecule has 0 aliphatic carbocycles. The molecule has 0 atom stereocenters. The largest absolute Gasteiger partial charge is 0.376 e. The summed E-state index contributed by atoms with van der Waals surface area (Å²) in [7, 11) is 0. The molecule has 0 fully saturated rings. The van der Waals surface area contributed by atoms with E-state index in [2.05, 4.69) is 21.9 Å². The zero-order valence-electron chi connectivity index (χ0n) is 13.5. The van der Waals surface area contributed by atoms with Gasteiger partial charge in [-0.1, -0.05) is 35.4 Å². The first kappa shape index (κ1) is 17.0. The number of halogens is 1. The summed E-state index contributed by atoms with van der Waals surface area (Å²) in [5.41, 5.74) is 7.55. The Bertz CT molecular complexity index is 724. The Morgan fingerprint density at radius 2 is 1.83 bits per heavy atom. The monoisotopic (exact) mass is 329 g/mol. The summed E-state index contributed by atoms with van der Waals surface area (Å²) in [6.45, 7) is 6.11. The molecule has 4 nitrogen and oxygen atoms in total. The van der Waals surface area contributed by atoms with Gasteiger partial charge in [0, 0.05) is 16.3 Å². The quantitative estimate of drug-likeness (QED) is 0.645. The highest BCUT2D eigenvalue weighted by atomic mass is 35.5. The summed E-state index contributed by atoms with van der Waals surface area (Å²) >= 11 is 5.81. The van der Waals surface area contributed by atoms with E-state index >= 15 is 0 Å². The lowest BCUT2D eigenvalue weighted by atomic mass is 10.0. The van der Waals surface area contributed by atoms with Crippen molar-refractivity contribution in [1.82, 2.24) is 5.43 Å². The third kappa shape index (κ3) is 5.11. The smallest absolute Gasteiger partial charge is 0.259 e. The van der Waals surface area contributed by atoms with Crippen molar-refractivity contribution in [1.29, 1.82) is 0 Å². The lowest BCUT2D eigenvalue weighted by Gasteiger charge is -2.08. The van der Waals surface area contributed by atoms with E-state index in [0.717, 1.165) is 22.5 Å². The molecule has 23 heavy (non-hydrogen) atoms. The number of benzene rings is 2. The van der Waals surface area contributed by atoms with E-state index < -0.39 is 0 Å². The predicted molar refractivity (Wildman–Crippen MR) is 96.2 cm³/mol. The fraction of sp³-hybridized carbons (Fsp3) is 0.222. The van der Waals surface area contributed by atoms with Gasteiger partial charge in [0.2, 0.25) is 0 Å². The normalized spacial score (nSPS) is 11.2. The third-order valence-corrected chi connectivity index (χ3v) is 3.67. The Labute approximate surface area is 141 Å². The van der Waals surface area contributed by atoms with Gasteiger partial charge in [0.1, 0.15) is 0 Å². The number of hydrazone groups is 1. The van der Waals surface area contributed by atoms with Gasteiger partial charge in [-0.05, 0) is 50.6 Å². The van der Waals surface area contributed by atoms with Crippen molar-refractivity contribution in [2.24, 2.45) is 5.10 Å². The molecule has 2 aromatic rings. The summed E-state index contributed by atoms with van der Waals surface area (Å²) < 4.78 is 0. The molecule has 0 unspecified atom stereocenters. The van der Waals surface area contributed by atoms with E-state index in [0.29, 0.717) is 5.02 Å². The summed E-state index contributed by atoms with van der Waals surface area (Å²) in [4.78, 5) is 11.9. The Kier molecular flexibility index (Phi) is 5.77. The van der Waals surface area contributed by atoms with E-state index in [4.69, 9.17) is 11.6 Å². The number of hydrogen-bond donors (Lipinski definition) is 2. The van der Waals surface area contributed by atoms with Crippen molar-refractivity contribution in [3.63, 3.8) is 0 Å². The second kappa shape index (κ2) is 7.79. The van der Waals surface area contributed by atoms with Gasteiger partial charge in [-0.15, -0.1) is 0 Å². The van der Waals surface area contributed by atoms with Crippen molar-refractivity contribution < 1.29 is 4.79 Å². The number of amides is 1. The van der Waals surface area contributed by atoms with E-state index in [1.165, 1.54) is 5.56 Å². The molecule has 0 spiro atoms. The summed E-state index contributed by atoms with van der Waals surface area (Å²) in [6, 6.07) is 13.3. The van der Waals surface area contributed by atoms with Crippen molar-refractivity contribution in [2.45, 2.75) is 20.8 Å². The number of rotatable bonds is 5. The van der Waals surface area contributed by atoms with Gasteiger partial charge in [0.05, 0.1) is 12.3 Å².